The van der Waals surface area contributed by atoms with Crippen LogP contribution in [0.15, 0.2) is 0 Å². The van der Waals surface area contributed by atoms with Crippen LogP contribution in [-0.2, 0) is 17.8 Å². The highest BCUT2D eigenvalue weighted by Gasteiger charge is 2.35. The van der Waals surface area contributed by atoms with E-state index < -0.39 is 0 Å². The zero-order valence-electron chi connectivity index (χ0n) is 14.8. The zero-order valence-corrected chi connectivity index (χ0v) is 14.8. The quantitative estimate of drug-likeness (QED) is 0.844. The third-order valence-electron chi connectivity index (χ3n) is 5.97. The van der Waals surface area contributed by atoms with E-state index in [9.17, 15) is 4.79 Å². The minimum atomic E-state index is 0.138. The molecule has 1 atom stereocenters. The minimum Gasteiger partial charge on any atom is -0.341 e. The van der Waals surface area contributed by atoms with Crippen molar-refractivity contribution in [1.82, 2.24) is 24.6 Å². The van der Waals surface area contributed by atoms with Gasteiger partial charge in [0, 0.05) is 32.0 Å². The molecule has 0 radical (unpaired) electrons. The molecule has 4 heterocycles. The summed E-state index contributed by atoms with van der Waals surface area (Å²) < 4.78 is 2.32. The first kappa shape index (κ1) is 16.1. The molecule has 0 N–H and O–H groups in total. The van der Waals surface area contributed by atoms with Crippen molar-refractivity contribution in [3.05, 3.63) is 11.6 Å². The molecule has 3 aliphatic heterocycles. The summed E-state index contributed by atoms with van der Waals surface area (Å²) in [5, 5.41) is 8.79. The molecular weight excluding hydrogens is 302 g/mol. The van der Waals surface area contributed by atoms with Gasteiger partial charge in [0.1, 0.15) is 11.6 Å². The second-order valence-corrected chi connectivity index (χ2v) is 7.52. The maximum absolute atomic E-state index is 12.9. The molecule has 1 amide bonds. The Hall–Kier alpha value is -1.43. The van der Waals surface area contributed by atoms with E-state index in [1.807, 2.05) is 0 Å². The lowest BCUT2D eigenvalue weighted by molar-refractivity contribution is -0.137. The summed E-state index contributed by atoms with van der Waals surface area (Å²) in [6.07, 6.45) is 7.66. The highest BCUT2D eigenvalue weighted by molar-refractivity contribution is 5.82. The molecule has 24 heavy (non-hydrogen) atoms. The van der Waals surface area contributed by atoms with Crippen molar-refractivity contribution in [2.75, 3.05) is 26.2 Å². The summed E-state index contributed by atoms with van der Waals surface area (Å²) in [4.78, 5) is 17.4. The van der Waals surface area contributed by atoms with Gasteiger partial charge in [-0.05, 0) is 51.6 Å². The van der Waals surface area contributed by atoms with Crippen molar-refractivity contribution in [3.8, 4) is 0 Å². The Bertz CT molecular complexity index is 590. The third-order valence-corrected chi connectivity index (χ3v) is 5.97. The molecular formula is C18H29N5O. The monoisotopic (exact) mass is 331 g/mol. The molecule has 0 aliphatic carbocycles. The normalized spacial score (nSPS) is 25.4. The van der Waals surface area contributed by atoms with Gasteiger partial charge in [-0.15, -0.1) is 10.2 Å². The molecule has 132 valence electrons. The molecule has 0 spiro atoms. The van der Waals surface area contributed by atoms with Gasteiger partial charge in [0.25, 0.3) is 0 Å². The highest BCUT2D eigenvalue weighted by Crippen LogP contribution is 2.30. The lowest BCUT2D eigenvalue weighted by Gasteiger charge is -2.35. The average molecular weight is 331 g/mol. The molecule has 0 bridgehead atoms. The second-order valence-electron chi connectivity index (χ2n) is 7.52. The topological polar surface area (TPSA) is 54.3 Å². The first-order valence-electron chi connectivity index (χ1n) is 9.72. The first-order valence-corrected chi connectivity index (χ1v) is 9.72. The molecule has 3 aliphatic rings. The summed E-state index contributed by atoms with van der Waals surface area (Å²) in [5.74, 6) is 3.17. The van der Waals surface area contributed by atoms with Crippen molar-refractivity contribution in [1.29, 1.82) is 0 Å². The van der Waals surface area contributed by atoms with Gasteiger partial charge >= 0.3 is 0 Å². The number of rotatable bonds is 4. The van der Waals surface area contributed by atoms with Crippen LogP contribution in [0.5, 0.6) is 0 Å². The third kappa shape index (κ3) is 2.85. The van der Waals surface area contributed by atoms with E-state index >= 15 is 0 Å². The number of nitrogens with zero attached hydrogens (tertiary/aromatic N) is 5. The van der Waals surface area contributed by atoms with Gasteiger partial charge in [-0.1, -0.05) is 6.92 Å². The summed E-state index contributed by atoms with van der Waals surface area (Å²) in [6, 6.07) is 0.138. The number of carbonyl (C=O) groups is 1. The van der Waals surface area contributed by atoms with E-state index in [0.29, 0.717) is 11.8 Å². The fraction of sp³-hybridized carbons (Fsp3) is 0.833. The highest BCUT2D eigenvalue weighted by atomic mass is 16.2. The molecule has 6 nitrogen and oxygen atoms in total. The van der Waals surface area contributed by atoms with Gasteiger partial charge in [-0.3, -0.25) is 9.69 Å². The number of aromatic nitrogens is 3. The number of carbonyl (C=O) groups excluding carboxylic acids is 1. The molecule has 1 aromatic heterocycles. The molecule has 1 unspecified atom stereocenters. The van der Waals surface area contributed by atoms with E-state index in [4.69, 9.17) is 0 Å². The molecule has 0 saturated carbocycles. The van der Waals surface area contributed by atoms with Crippen LogP contribution >= 0.6 is 0 Å². The van der Waals surface area contributed by atoms with Gasteiger partial charge < -0.3 is 9.47 Å². The predicted molar refractivity (Wildman–Crippen MR) is 91.8 cm³/mol. The summed E-state index contributed by atoms with van der Waals surface area (Å²) >= 11 is 0. The fourth-order valence-corrected chi connectivity index (χ4v) is 4.70. The van der Waals surface area contributed by atoms with Crippen molar-refractivity contribution < 1.29 is 4.79 Å². The minimum absolute atomic E-state index is 0.138. The number of piperidine rings is 1. The van der Waals surface area contributed by atoms with E-state index in [0.717, 1.165) is 70.7 Å². The Morgan fingerprint density at radius 1 is 1.08 bits per heavy atom. The second kappa shape index (κ2) is 6.82. The van der Waals surface area contributed by atoms with E-state index in [1.54, 1.807) is 0 Å². The van der Waals surface area contributed by atoms with Crippen LogP contribution in [-0.4, -0.2) is 62.7 Å². The van der Waals surface area contributed by atoms with Crippen molar-refractivity contribution >= 4 is 5.91 Å². The van der Waals surface area contributed by atoms with Crippen LogP contribution in [0.3, 0.4) is 0 Å². The Labute approximate surface area is 144 Å². The molecule has 6 heteroatoms. The Morgan fingerprint density at radius 2 is 1.92 bits per heavy atom. The maximum atomic E-state index is 12.9. The Balaban J connectivity index is 1.36. The van der Waals surface area contributed by atoms with Crippen LogP contribution in [0.25, 0.3) is 0 Å². The molecule has 4 rings (SSSR count). The van der Waals surface area contributed by atoms with Crippen molar-refractivity contribution in [3.63, 3.8) is 0 Å². The van der Waals surface area contributed by atoms with Crippen molar-refractivity contribution in [2.24, 2.45) is 0 Å². The van der Waals surface area contributed by atoms with Gasteiger partial charge in [0.2, 0.25) is 5.91 Å². The number of likely N-dealkylation sites (tertiary alicyclic amines) is 2. The van der Waals surface area contributed by atoms with Crippen LogP contribution in [0.2, 0.25) is 0 Å². The van der Waals surface area contributed by atoms with Gasteiger partial charge in [-0.25, -0.2) is 0 Å². The lowest BCUT2D eigenvalue weighted by Crippen LogP contribution is -2.48. The molecule has 2 saturated heterocycles. The summed E-state index contributed by atoms with van der Waals surface area (Å²) in [5.41, 5.74) is 0. The average Bonchev–Trinajstić information content (AvgIpc) is 3.31. The molecule has 0 aromatic carbocycles. The maximum Gasteiger partial charge on any atom is 0.239 e. The number of amides is 1. The van der Waals surface area contributed by atoms with Crippen LogP contribution in [0.1, 0.15) is 63.0 Å². The standard InChI is InChI=1S/C18H29N5O/c1-2-9-21-10-3-5-15(21)18(24)22-12-7-14(8-13-22)17-20-19-16-6-4-11-23(16)17/h14-15H,2-13H2,1H3. The summed E-state index contributed by atoms with van der Waals surface area (Å²) in [6.45, 7) is 7.17. The summed E-state index contributed by atoms with van der Waals surface area (Å²) in [7, 11) is 0. The van der Waals surface area contributed by atoms with Gasteiger partial charge in [0.05, 0.1) is 6.04 Å². The number of hydrogen-bond donors (Lipinski definition) is 0. The van der Waals surface area contributed by atoms with Crippen LogP contribution in [0, 0.1) is 0 Å². The first-order chi connectivity index (χ1) is 11.8. The lowest BCUT2D eigenvalue weighted by atomic mass is 9.95. The zero-order chi connectivity index (χ0) is 16.5. The van der Waals surface area contributed by atoms with Crippen LogP contribution < -0.4 is 0 Å². The number of hydrogen-bond acceptors (Lipinski definition) is 4. The Morgan fingerprint density at radius 3 is 2.71 bits per heavy atom. The largest absolute Gasteiger partial charge is 0.341 e. The SMILES string of the molecule is CCCN1CCCC1C(=O)N1CCC(c2nnc3n2CCC3)CC1. The van der Waals surface area contributed by atoms with E-state index in [1.165, 1.54) is 18.7 Å². The fourth-order valence-electron chi connectivity index (χ4n) is 4.70. The van der Waals surface area contributed by atoms with E-state index in [-0.39, 0.29) is 6.04 Å². The van der Waals surface area contributed by atoms with Crippen LogP contribution in [0.4, 0.5) is 0 Å². The molecule has 1 aromatic rings. The smallest absolute Gasteiger partial charge is 0.239 e. The number of fused-ring (bicyclic) bond motifs is 1. The Kier molecular flexibility index (Phi) is 4.57. The van der Waals surface area contributed by atoms with E-state index in [2.05, 4.69) is 31.5 Å². The number of aryl methyl sites for hydroxylation is 1. The predicted octanol–water partition coefficient (Wildman–Crippen LogP) is 1.80. The molecule has 2 fully saturated rings. The van der Waals surface area contributed by atoms with Gasteiger partial charge in [-0.2, -0.15) is 0 Å². The van der Waals surface area contributed by atoms with Gasteiger partial charge in [0.15, 0.2) is 0 Å². The van der Waals surface area contributed by atoms with Crippen molar-refractivity contribution in [2.45, 2.75) is 70.4 Å².